The zero-order chi connectivity index (χ0) is 10.1. The third-order valence-electron chi connectivity index (χ3n) is 2.70. The molecule has 4 heteroatoms. The zero-order valence-electron chi connectivity index (χ0n) is 9.01. The second kappa shape index (κ2) is 5.57. The number of hydrogen-bond acceptors (Lipinski definition) is 3. The Labute approximate surface area is 132 Å². The molecule has 1 aliphatic rings. The molecule has 0 saturated carbocycles. The third kappa shape index (κ3) is 3.12. The van der Waals surface area contributed by atoms with Gasteiger partial charge >= 0.3 is 51.4 Å². The summed E-state index contributed by atoms with van der Waals surface area (Å²) < 4.78 is 0. The van der Waals surface area contributed by atoms with Crippen molar-refractivity contribution in [3.05, 3.63) is 35.9 Å². The number of aliphatic carboxylic acids is 1. The topological polar surface area (TPSA) is 43.1 Å². The van der Waals surface area contributed by atoms with Crippen molar-refractivity contribution in [3.8, 4) is 0 Å². The van der Waals surface area contributed by atoms with Gasteiger partial charge in [-0.15, -0.1) is 0 Å². The molecule has 15 heavy (non-hydrogen) atoms. The molecule has 3 atom stereocenters. The minimum atomic E-state index is -0.965. The minimum absolute atomic E-state index is 0. The van der Waals surface area contributed by atoms with Crippen molar-refractivity contribution in [3.63, 3.8) is 0 Å². The molecule has 1 heterocycles. The van der Waals surface area contributed by atoms with E-state index in [1.165, 1.54) is 0 Å². The average molecular weight is 229 g/mol. The van der Waals surface area contributed by atoms with Crippen molar-refractivity contribution in [1.82, 2.24) is 4.90 Å². The van der Waals surface area contributed by atoms with Crippen LogP contribution in [0.3, 0.4) is 0 Å². The van der Waals surface area contributed by atoms with Crippen molar-refractivity contribution in [2.24, 2.45) is 0 Å². The van der Waals surface area contributed by atoms with E-state index < -0.39 is 5.97 Å². The molecule has 0 N–H and O–H groups in total. The number of nitrogens with zero attached hydrogens (tertiary/aromatic N) is 1. The molecule has 0 amide bonds. The Morgan fingerprint density at radius 2 is 2.07 bits per heavy atom. The molecule has 0 spiro atoms. The Kier molecular flexibility index (Phi) is 4.95. The fourth-order valence-corrected chi connectivity index (χ4v) is 1.71. The molecule has 1 fully saturated rings. The summed E-state index contributed by atoms with van der Waals surface area (Å²) in [4.78, 5) is 12.5. The average Bonchev–Trinajstić information content (AvgIpc) is 2.97. The Morgan fingerprint density at radius 3 is 2.53 bits per heavy atom. The molecular formula is C11H12KNO2. The minimum Gasteiger partial charge on any atom is -0.548 e. The van der Waals surface area contributed by atoms with Gasteiger partial charge in [0.15, 0.2) is 0 Å². The Bertz CT molecular complexity index is 342. The summed E-state index contributed by atoms with van der Waals surface area (Å²) in [7, 11) is 0. The molecule has 2 rings (SSSR count). The maximum atomic E-state index is 10.6. The summed E-state index contributed by atoms with van der Waals surface area (Å²) in [6.07, 6.45) is 0. The second-order valence-electron chi connectivity index (χ2n) is 3.62. The summed E-state index contributed by atoms with van der Waals surface area (Å²) >= 11 is 0. The van der Waals surface area contributed by atoms with E-state index in [-0.39, 0.29) is 63.5 Å². The quantitative estimate of drug-likeness (QED) is 0.415. The van der Waals surface area contributed by atoms with Crippen LogP contribution in [-0.2, 0) is 4.79 Å². The van der Waals surface area contributed by atoms with Gasteiger partial charge in [-0.25, -0.2) is 0 Å². The van der Waals surface area contributed by atoms with Crippen LogP contribution in [0, 0.1) is 0 Å². The van der Waals surface area contributed by atoms with E-state index in [0.717, 1.165) is 5.56 Å². The predicted octanol–water partition coefficient (Wildman–Crippen LogP) is -2.81. The van der Waals surface area contributed by atoms with E-state index in [1.807, 2.05) is 42.2 Å². The van der Waals surface area contributed by atoms with Crippen LogP contribution < -0.4 is 56.5 Å². The van der Waals surface area contributed by atoms with Crippen LogP contribution in [0.4, 0.5) is 0 Å². The molecule has 3 nitrogen and oxygen atoms in total. The fourth-order valence-electron chi connectivity index (χ4n) is 1.71. The van der Waals surface area contributed by atoms with Crippen molar-refractivity contribution in [1.29, 1.82) is 0 Å². The molecule has 1 aromatic carbocycles. The van der Waals surface area contributed by atoms with E-state index in [0.29, 0.717) is 6.54 Å². The first-order chi connectivity index (χ1) is 6.70. The second-order valence-corrected chi connectivity index (χ2v) is 3.62. The Hall–Kier alpha value is 0.286. The normalized spacial score (nSPS) is 25.1. The van der Waals surface area contributed by atoms with Gasteiger partial charge < -0.3 is 9.90 Å². The molecule has 1 aromatic rings. The monoisotopic (exact) mass is 229 g/mol. The SMILES string of the molecule is C[C@@H](c1ccccc1)N1C[C@H]1C(=O)[O-].[K+]. The Balaban J connectivity index is 0.00000112. The van der Waals surface area contributed by atoms with Crippen molar-refractivity contribution < 1.29 is 61.3 Å². The molecule has 1 saturated heterocycles. The van der Waals surface area contributed by atoms with Gasteiger partial charge in [-0.1, -0.05) is 30.3 Å². The maximum absolute atomic E-state index is 10.6. The first kappa shape index (κ1) is 13.4. The van der Waals surface area contributed by atoms with E-state index in [1.54, 1.807) is 0 Å². The van der Waals surface area contributed by atoms with Gasteiger partial charge in [0.05, 0.1) is 12.0 Å². The predicted molar refractivity (Wildman–Crippen MR) is 50.4 cm³/mol. The summed E-state index contributed by atoms with van der Waals surface area (Å²) in [6.45, 7) is 2.62. The number of carboxylic acid groups (broad SMARTS) is 1. The van der Waals surface area contributed by atoms with Gasteiger partial charge in [0.2, 0.25) is 0 Å². The van der Waals surface area contributed by atoms with Crippen molar-refractivity contribution in [2.45, 2.75) is 19.0 Å². The number of carbonyl (C=O) groups is 1. The van der Waals surface area contributed by atoms with Crippen LogP contribution in [0.15, 0.2) is 30.3 Å². The summed E-state index contributed by atoms with van der Waals surface area (Å²) in [5.41, 5.74) is 1.15. The summed E-state index contributed by atoms with van der Waals surface area (Å²) in [5, 5.41) is 10.6. The van der Waals surface area contributed by atoms with Crippen LogP contribution >= 0.6 is 0 Å². The number of carbonyl (C=O) groups excluding carboxylic acids is 1. The molecule has 74 valence electrons. The van der Waals surface area contributed by atoms with Crippen LogP contribution in [0.25, 0.3) is 0 Å². The number of carboxylic acids is 1. The van der Waals surface area contributed by atoms with E-state index >= 15 is 0 Å². The van der Waals surface area contributed by atoms with Gasteiger partial charge in [-0.3, -0.25) is 4.90 Å². The van der Waals surface area contributed by atoms with Crippen LogP contribution in [0.1, 0.15) is 18.5 Å². The number of benzene rings is 1. The molecule has 0 radical (unpaired) electrons. The van der Waals surface area contributed by atoms with Gasteiger partial charge in [-0.05, 0) is 12.5 Å². The third-order valence-corrected chi connectivity index (χ3v) is 2.70. The summed E-state index contributed by atoms with van der Waals surface area (Å²) in [5.74, 6) is -0.965. The van der Waals surface area contributed by atoms with Gasteiger partial charge in [0.1, 0.15) is 0 Å². The maximum Gasteiger partial charge on any atom is 1.00 e. The molecular weight excluding hydrogens is 217 g/mol. The molecule has 0 aromatic heterocycles. The largest absolute Gasteiger partial charge is 1.00 e. The first-order valence-electron chi connectivity index (χ1n) is 4.71. The molecule has 0 aliphatic carbocycles. The van der Waals surface area contributed by atoms with Gasteiger partial charge in [0.25, 0.3) is 0 Å². The zero-order valence-corrected chi connectivity index (χ0v) is 12.1. The number of hydrogen-bond donors (Lipinski definition) is 0. The van der Waals surface area contributed by atoms with Crippen LogP contribution in [-0.4, -0.2) is 23.5 Å². The smallest absolute Gasteiger partial charge is 0.548 e. The van der Waals surface area contributed by atoms with Crippen molar-refractivity contribution in [2.75, 3.05) is 6.54 Å². The molecule has 1 unspecified atom stereocenters. The molecule has 1 aliphatic heterocycles. The van der Waals surface area contributed by atoms with Crippen LogP contribution in [0.5, 0.6) is 0 Å². The van der Waals surface area contributed by atoms with E-state index in [4.69, 9.17) is 0 Å². The standard InChI is InChI=1S/C11H13NO2.K/c1-8(9-5-3-2-4-6-9)12-7-10(12)11(13)14;/h2-6,8,10H,7H2,1H3,(H,13,14);/q;+1/p-1/t8-,10-,12?;/m0./s1. The summed E-state index contributed by atoms with van der Waals surface area (Å²) in [6, 6.07) is 9.68. The van der Waals surface area contributed by atoms with E-state index in [2.05, 4.69) is 0 Å². The molecule has 0 bridgehead atoms. The van der Waals surface area contributed by atoms with Crippen LogP contribution in [0.2, 0.25) is 0 Å². The first-order valence-corrected chi connectivity index (χ1v) is 4.71. The van der Waals surface area contributed by atoms with E-state index in [9.17, 15) is 9.90 Å². The van der Waals surface area contributed by atoms with Crippen molar-refractivity contribution >= 4 is 5.97 Å². The Morgan fingerprint density at radius 1 is 1.47 bits per heavy atom. The number of rotatable bonds is 3. The fraction of sp³-hybridized carbons (Fsp3) is 0.364. The van der Waals surface area contributed by atoms with Gasteiger partial charge in [-0.2, -0.15) is 0 Å². The van der Waals surface area contributed by atoms with Gasteiger partial charge in [0, 0.05) is 12.6 Å².